The smallest absolute Gasteiger partial charge is 0.351 e. The van der Waals surface area contributed by atoms with Gasteiger partial charge in [-0.05, 0) is 78.0 Å². The summed E-state index contributed by atoms with van der Waals surface area (Å²) in [6, 6.07) is 7.07. The van der Waals surface area contributed by atoms with Crippen molar-refractivity contribution in [3.63, 3.8) is 0 Å². The Hall–Kier alpha value is -3.28. The monoisotopic (exact) mass is 618 g/mol. The van der Waals surface area contributed by atoms with Crippen LogP contribution in [0, 0.1) is 0 Å². The first-order chi connectivity index (χ1) is 20.7. The highest BCUT2D eigenvalue weighted by Gasteiger charge is 2.46. The molecule has 2 aliphatic rings. The van der Waals surface area contributed by atoms with Gasteiger partial charge in [-0.1, -0.05) is 0 Å². The number of carbonyl (C=O) groups excluding carboxylic acids is 2. The lowest BCUT2D eigenvalue weighted by Crippen LogP contribution is -2.62. The van der Waals surface area contributed by atoms with Gasteiger partial charge in [0.25, 0.3) is 5.91 Å². The number of ether oxygens (including phenoxy) is 3. The van der Waals surface area contributed by atoms with Crippen LogP contribution in [0.2, 0.25) is 0 Å². The molecule has 2 fully saturated rings. The minimum atomic E-state index is -1.45. The number of benzene rings is 1. The largest absolute Gasteiger partial charge is 0.394 e. The number of anilines is 2. The number of nitrogens with one attached hydrogen (secondary N) is 2. The second kappa shape index (κ2) is 13.8. The third-order valence-corrected chi connectivity index (χ3v) is 7.94. The molecule has 0 unspecified atom stereocenters. The topological polar surface area (TPSA) is 211 Å². The van der Waals surface area contributed by atoms with Gasteiger partial charge in [0.05, 0.1) is 31.0 Å². The molecule has 0 saturated carbocycles. The van der Waals surface area contributed by atoms with E-state index in [1.54, 1.807) is 25.9 Å². The van der Waals surface area contributed by atoms with Crippen molar-refractivity contribution >= 4 is 23.3 Å². The molecule has 4 rings (SSSR count). The van der Waals surface area contributed by atoms with Gasteiger partial charge < -0.3 is 50.8 Å². The Morgan fingerprint density at radius 3 is 2.36 bits per heavy atom. The number of carbonyl (C=O) groups is 2. The van der Waals surface area contributed by atoms with Crippen LogP contribution >= 0.6 is 0 Å². The lowest BCUT2D eigenvalue weighted by Gasteiger charge is -2.46. The maximum Gasteiger partial charge on any atom is 0.351 e. The molecule has 2 amide bonds. The Bertz CT molecular complexity index is 1370. The van der Waals surface area contributed by atoms with E-state index in [0.717, 1.165) is 0 Å². The summed E-state index contributed by atoms with van der Waals surface area (Å²) in [5.74, 6) is -1.05. The highest BCUT2D eigenvalue weighted by Crippen LogP contribution is 2.32. The van der Waals surface area contributed by atoms with Crippen LogP contribution in [0.25, 0.3) is 0 Å². The Balaban J connectivity index is 1.32. The molecule has 9 atom stereocenters. The van der Waals surface area contributed by atoms with Crippen molar-refractivity contribution in [2.75, 3.05) is 31.3 Å². The van der Waals surface area contributed by atoms with E-state index in [2.05, 4.69) is 15.6 Å². The molecule has 15 nitrogen and oxygen atoms in total. The number of amides is 2. The summed E-state index contributed by atoms with van der Waals surface area (Å²) >= 11 is 0. The fourth-order valence-corrected chi connectivity index (χ4v) is 5.29. The van der Waals surface area contributed by atoms with Crippen LogP contribution in [0.5, 0.6) is 0 Å². The SMILES string of the molecule is C[C@@H]1O[C@H](n2ccc(NC(=O)c3ccc(NC(=O)[C@@](C)(N)CO)cc3)nc2=O)CC[C@H]1O[C@H]1O[C@H](C)[C@@H](N(C)C)[C@H](O)[C@H]1O. The standard InChI is InChI=1S/C29H42N6O9/c1-15-19(44-26-24(38)23(37)22(34(4)5)16(2)43-26)10-11-21(42-15)35-13-12-20(33-28(35)41)32-25(39)17-6-8-18(9-7-17)31-27(40)29(3,30)14-36/h6-9,12-13,15-16,19,21-24,26,36-38H,10-11,14,30H2,1-5H3,(H,31,40)(H,32,33,39,41)/t15-,16+,19+,21-,22+,23-,24+,26+,29-/m0/s1. The normalized spacial score (nSPS) is 30.4. The molecule has 2 aliphatic heterocycles. The van der Waals surface area contributed by atoms with Crippen LogP contribution < -0.4 is 22.1 Å². The predicted octanol–water partition coefficient (Wildman–Crippen LogP) is -0.377. The zero-order chi connectivity index (χ0) is 32.3. The second-order valence-electron chi connectivity index (χ2n) is 11.8. The molecule has 1 aromatic carbocycles. The molecular weight excluding hydrogens is 576 g/mol. The third-order valence-electron chi connectivity index (χ3n) is 7.94. The van der Waals surface area contributed by atoms with Gasteiger partial charge in [-0.25, -0.2) is 4.79 Å². The van der Waals surface area contributed by atoms with Crippen LogP contribution in [0.15, 0.2) is 41.3 Å². The van der Waals surface area contributed by atoms with Crippen molar-refractivity contribution in [2.24, 2.45) is 5.73 Å². The van der Waals surface area contributed by atoms with Gasteiger partial charge in [-0.2, -0.15) is 4.98 Å². The number of nitrogens with two attached hydrogens (primary N) is 1. The first kappa shape index (κ1) is 33.6. The minimum Gasteiger partial charge on any atom is -0.394 e. The average molecular weight is 619 g/mol. The molecule has 15 heteroatoms. The summed E-state index contributed by atoms with van der Waals surface area (Å²) in [6.07, 6.45) is -2.85. The van der Waals surface area contributed by atoms with Crippen molar-refractivity contribution in [1.29, 1.82) is 0 Å². The van der Waals surface area contributed by atoms with Crippen molar-refractivity contribution in [2.45, 2.75) is 88.2 Å². The van der Waals surface area contributed by atoms with Crippen LogP contribution in [-0.4, -0.2) is 111 Å². The van der Waals surface area contributed by atoms with Crippen LogP contribution in [0.1, 0.15) is 50.2 Å². The van der Waals surface area contributed by atoms with E-state index in [4.69, 9.17) is 19.9 Å². The Labute approximate surface area is 254 Å². The fourth-order valence-electron chi connectivity index (χ4n) is 5.29. The predicted molar refractivity (Wildman–Crippen MR) is 159 cm³/mol. The van der Waals surface area contributed by atoms with Crippen molar-refractivity contribution in [3.05, 3.63) is 52.6 Å². The zero-order valence-electron chi connectivity index (χ0n) is 25.4. The third kappa shape index (κ3) is 7.50. The summed E-state index contributed by atoms with van der Waals surface area (Å²) in [4.78, 5) is 43.5. The molecule has 2 saturated heterocycles. The number of nitrogens with zero attached hydrogens (tertiary/aromatic N) is 3. The first-order valence-electron chi connectivity index (χ1n) is 14.4. The van der Waals surface area contributed by atoms with Gasteiger partial charge in [0.1, 0.15) is 29.8 Å². The first-order valence-corrected chi connectivity index (χ1v) is 14.4. The zero-order valence-corrected chi connectivity index (χ0v) is 25.4. The van der Waals surface area contributed by atoms with E-state index in [0.29, 0.717) is 18.5 Å². The van der Waals surface area contributed by atoms with E-state index in [1.807, 2.05) is 6.92 Å². The van der Waals surface area contributed by atoms with E-state index >= 15 is 0 Å². The van der Waals surface area contributed by atoms with Gasteiger partial charge in [0.15, 0.2) is 6.29 Å². The lowest BCUT2D eigenvalue weighted by atomic mass is 9.96. The molecule has 7 N–H and O–H groups in total. The second-order valence-corrected chi connectivity index (χ2v) is 11.8. The summed E-state index contributed by atoms with van der Waals surface area (Å²) in [5.41, 5.74) is 4.29. The molecule has 3 heterocycles. The van der Waals surface area contributed by atoms with Crippen LogP contribution in [0.4, 0.5) is 11.5 Å². The summed E-state index contributed by atoms with van der Waals surface area (Å²) in [5, 5.41) is 35.6. The van der Waals surface area contributed by atoms with E-state index < -0.39 is 66.6 Å². The van der Waals surface area contributed by atoms with Gasteiger partial charge in [0, 0.05) is 17.4 Å². The highest BCUT2D eigenvalue weighted by molar-refractivity contribution is 6.04. The van der Waals surface area contributed by atoms with E-state index in [1.165, 1.54) is 48.0 Å². The number of hydrogen-bond donors (Lipinski definition) is 6. The molecule has 2 aromatic rings. The molecule has 44 heavy (non-hydrogen) atoms. The Morgan fingerprint density at radius 2 is 1.77 bits per heavy atom. The van der Waals surface area contributed by atoms with E-state index in [-0.39, 0.29) is 23.5 Å². The molecule has 0 aliphatic carbocycles. The fraction of sp³-hybridized carbons (Fsp3) is 0.586. The number of aliphatic hydroxyl groups excluding tert-OH is 3. The van der Waals surface area contributed by atoms with Crippen molar-refractivity contribution < 1.29 is 39.1 Å². The molecular formula is C29H42N6O9. The maximum absolute atomic E-state index is 12.9. The summed E-state index contributed by atoms with van der Waals surface area (Å²) < 4.78 is 19.3. The Kier molecular flexibility index (Phi) is 10.5. The van der Waals surface area contributed by atoms with Crippen molar-refractivity contribution in [3.8, 4) is 0 Å². The van der Waals surface area contributed by atoms with Gasteiger partial charge in [-0.3, -0.25) is 14.2 Å². The quantitative estimate of drug-likeness (QED) is 0.212. The lowest BCUT2D eigenvalue weighted by molar-refractivity contribution is -0.310. The summed E-state index contributed by atoms with van der Waals surface area (Å²) in [7, 11) is 3.61. The highest BCUT2D eigenvalue weighted by atomic mass is 16.7. The van der Waals surface area contributed by atoms with Gasteiger partial charge >= 0.3 is 5.69 Å². The van der Waals surface area contributed by atoms with Gasteiger partial charge in [0.2, 0.25) is 5.91 Å². The Morgan fingerprint density at radius 1 is 1.09 bits per heavy atom. The molecule has 0 bridgehead atoms. The van der Waals surface area contributed by atoms with Gasteiger partial charge in [-0.15, -0.1) is 0 Å². The number of aliphatic hydroxyl groups is 3. The number of aromatic nitrogens is 2. The van der Waals surface area contributed by atoms with E-state index in [9.17, 15) is 29.7 Å². The average Bonchev–Trinajstić information content (AvgIpc) is 2.97. The molecule has 0 radical (unpaired) electrons. The summed E-state index contributed by atoms with van der Waals surface area (Å²) in [6.45, 7) is 4.47. The van der Waals surface area contributed by atoms with Crippen LogP contribution in [-0.2, 0) is 19.0 Å². The number of likely N-dealkylation sites (N-methyl/N-ethyl adjacent to an activating group) is 1. The van der Waals surface area contributed by atoms with Crippen molar-refractivity contribution in [1.82, 2.24) is 14.5 Å². The molecule has 0 spiro atoms. The van der Waals surface area contributed by atoms with Crippen LogP contribution in [0.3, 0.4) is 0 Å². The number of rotatable bonds is 9. The molecule has 1 aromatic heterocycles. The maximum atomic E-state index is 12.9. The minimum absolute atomic E-state index is 0.0488. The molecule has 242 valence electrons. The number of hydrogen-bond acceptors (Lipinski definition) is 12.